The van der Waals surface area contributed by atoms with Gasteiger partial charge in [-0.25, -0.2) is 0 Å². The van der Waals surface area contributed by atoms with Crippen molar-refractivity contribution in [2.45, 2.75) is 56.9 Å². The molecule has 0 rings (SSSR count). The van der Waals surface area contributed by atoms with Gasteiger partial charge in [-0.1, -0.05) is 12.8 Å². The molecule has 0 amide bonds. The zero-order valence-corrected chi connectivity index (χ0v) is 13.2. The number of carboxylic acids is 1. The van der Waals surface area contributed by atoms with Gasteiger partial charge in [-0.05, 0) is 39.1 Å². The zero-order valence-electron chi connectivity index (χ0n) is 13.2. The molecule has 0 saturated carbocycles. The van der Waals surface area contributed by atoms with Crippen molar-refractivity contribution in [3.63, 3.8) is 0 Å². The maximum Gasteiger partial charge on any atom is 0.451 e. The molecule has 0 aromatic rings. The number of nitrogens with one attached hydrogen (secondary N) is 1. The number of hydrogen-bond acceptors (Lipinski definition) is 7. The van der Waals surface area contributed by atoms with Gasteiger partial charge in [0.15, 0.2) is 0 Å². The Labute approximate surface area is 131 Å². The number of rotatable bonds is 12. The number of carbonyl (C=O) groups excluding carboxylic acids is 1. The van der Waals surface area contributed by atoms with Crippen LogP contribution in [0.2, 0.25) is 6.32 Å². The number of methoxy groups -OCH3 is 1. The Morgan fingerprint density at radius 1 is 1.27 bits per heavy atom. The average Bonchev–Trinajstić information content (AvgIpc) is 2.46. The van der Waals surface area contributed by atoms with Gasteiger partial charge in [0, 0.05) is 0 Å². The fraction of sp³-hybridized carbons (Fsp3) is 0.846. The molecule has 0 saturated heterocycles. The first-order valence-corrected chi connectivity index (χ1v) is 7.42. The molecule has 0 aliphatic heterocycles. The van der Waals surface area contributed by atoms with E-state index in [2.05, 4.69) is 10.1 Å². The van der Waals surface area contributed by atoms with E-state index in [1.165, 1.54) is 7.11 Å². The minimum atomic E-state index is -1.37. The predicted octanol–water partition coefficient (Wildman–Crippen LogP) is -0.657. The number of nitrogens with two attached hydrogens (primary N) is 1. The van der Waals surface area contributed by atoms with Gasteiger partial charge < -0.3 is 30.9 Å². The van der Waals surface area contributed by atoms with Crippen molar-refractivity contribution in [1.29, 1.82) is 0 Å². The molecule has 0 aliphatic rings. The molecule has 6 N–H and O–H groups in total. The van der Waals surface area contributed by atoms with Crippen LogP contribution < -0.4 is 11.1 Å². The molecule has 0 bridgehead atoms. The molecule has 0 aromatic heterocycles. The molecule has 2 atom stereocenters. The lowest BCUT2D eigenvalue weighted by Crippen LogP contribution is -2.48. The van der Waals surface area contributed by atoms with Crippen LogP contribution >= 0.6 is 0 Å². The maximum atomic E-state index is 11.3. The van der Waals surface area contributed by atoms with Crippen molar-refractivity contribution in [3.8, 4) is 0 Å². The molecule has 128 valence electrons. The first kappa shape index (κ1) is 20.8. The normalized spacial score (nSPS) is 15.0. The van der Waals surface area contributed by atoms with Crippen LogP contribution in [0, 0.1) is 0 Å². The van der Waals surface area contributed by atoms with Crippen molar-refractivity contribution in [1.82, 2.24) is 5.32 Å². The quantitative estimate of drug-likeness (QED) is 0.181. The zero-order chi connectivity index (χ0) is 17.2. The second-order valence-corrected chi connectivity index (χ2v) is 5.49. The summed E-state index contributed by atoms with van der Waals surface area (Å²) in [6, 6.07) is -0.451. The third kappa shape index (κ3) is 8.33. The smallest absolute Gasteiger partial charge is 0.451 e. The highest BCUT2D eigenvalue weighted by molar-refractivity contribution is 6.40. The van der Waals surface area contributed by atoms with E-state index in [1.807, 2.05) is 0 Å². The molecule has 2 unspecified atom stereocenters. The van der Waals surface area contributed by atoms with Crippen LogP contribution in [0.3, 0.4) is 0 Å². The lowest BCUT2D eigenvalue weighted by Gasteiger charge is -2.25. The molecular weight excluding hydrogens is 291 g/mol. The summed E-state index contributed by atoms with van der Waals surface area (Å²) in [5, 5.41) is 29.7. The lowest BCUT2D eigenvalue weighted by atomic mass is 9.81. The minimum absolute atomic E-state index is 0.202. The number of ether oxygens (including phenoxy) is 1. The number of unbranched alkanes of at least 4 members (excludes halogenated alkanes) is 1. The van der Waals surface area contributed by atoms with Crippen LogP contribution in [-0.4, -0.2) is 59.4 Å². The highest BCUT2D eigenvalue weighted by atomic mass is 16.5. The molecular formula is C13H27BN2O6. The van der Waals surface area contributed by atoms with Crippen molar-refractivity contribution >= 4 is 19.1 Å². The van der Waals surface area contributed by atoms with Crippen molar-refractivity contribution in [2.75, 3.05) is 13.7 Å². The number of carboxylic acid groups (broad SMARTS) is 1. The van der Waals surface area contributed by atoms with Gasteiger partial charge in [-0.3, -0.25) is 9.59 Å². The van der Waals surface area contributed by atoms with Gasteiger partial charge in [0.05, 0.1) is 7.11 Å². The fourth-order valence-electron chi connectivity index (χ4n) is 2.09. The summed E-state index contributed by atoms with van der Waals surface area (Å²) in [7, 11) is -0.0693. The van der Waals surface area contributed by atoms with E-state index in [1.54, 1.807) is 6.92 Å². The number of esters is 1. The van der Waals surface area contributed by atoms with Gasteiger partial charge in [0.25, 0.3) is 0 Å². The Morgan fingerprint density at radius 2 is 1.86 bits per heavy atom. The molecule has 0 radical (unpaired) electrons. The molecule has 9 heteroatoms. The third-order valence-electron chi connectivity index (χ3n) is 3.57. The van der Waals surface area contributed by atoms with E-state index >= 15 is 0 Å². The van der Waals surface area contributed by atoms with Gasteiger partial charge in [-0.2, -0.15) is 0 Å². The van der Waals surface area contributed by atoms with E-state index in [9.17, 15) is 14.7 Å². The highest BCUT2D eigenvalue weighted by Crippen LogP contribution is 2.19. The number of carbonyl (C=O) groups is 2. The SMILES string of the molecule is COC(=O)C(C)NCCCC(N)(CCCCB(O)O)C(=O)O. The molecule has 0 fully saturated rings. The summed E-state index contributed by atoms with van der Waals surface area (Å²) in [5.41, 5.74) is 4.58. The standard InChI is InChI=1S/C13H27BN2O6/c1-10(11(17)22-2)16-9-5-7-13(15,12(18)19)6-3-4-8-14(20)21/h10,16,20-21H,3-9,15H2,1-2H3,(H,18,19). The summed E-state index contributed by atoms with van der Waals surface area (Å²) in [4.78, 5) is 22.5. The lowest BCUT2D eigenvalue weighted by molar-refractivity contribution is -0.144. The number of aliphatic carboxylic acids is 1. The maximum absolute atomic E-state index is 11.3. The fourth-order valence-corrected chi connectivity index (χ4v) is 2.09. The van der Waals surface area contributed by atoms with E-state index in [-0.39, 0.29) is 25.1 Å². The van der Waals surface area contributed by atoms with Crippen molar-refractivity contribution in [2.24, 2.45) is 5.73 Å². The first-order chi connectivity index (χ1) is 10.2. The van der Waals surface area contributed by atoms with Crippen LogP contribution in [0.4, 0.5) is 0 Å². The average molecular weight is 318 g/mol. The van der Waals surface area contributed by atoms with Gasteiger partial charge in [-0.15, -0.1) is 0 Å². The van der Waals surface area contributed by atoms with Gasteiger partial charge in [0.2, 0.25) is 0 Å². The second-order valence-electron chi connectivity index (χ2n) is 5.49. The number of hydrogen-bond donors (Lipinski definition) is 5. The monoisotopic (exact) mass is 318 g/mol. The third-order valence-corrected chi connectivity index (χ3v) is 3.57. The highest BCUT2D eigenvalue weighted by Gasteiger charge is 2.32. The van der Waals surface area contributed by atoms with Gasteiger partial charge >= 0.3 is 19.1 Å². The Morgan fingerprint density at radius 3 is 2.36 bits per heavy atom. The molecule has 8 nitrogen and oxygen atoms in total. The second kappa shape index (κ2) is 10.6. The Balaban J connectivity index is 4.12. The van der Waals surface area contributed by atoms with E-state index in [0.717, 1.165) is 0 Å². The minimum Gasteiger partial charge on any atom is -0.480 e. The predicted molar refractivity (Wildman–Crippen MR) is 82.1 cm³/mol. The largest absolute Gasteiger partial charge is 0.480 e. The van der Waals surface area contributed by atoms with E-state index in [4.69, 9.17) is 15.8 Å². The van der Waals surface area contributed by atoms with E-state index in [0.29, 0.717) is 25.8 Å². The molecule has 0 aliphatic carbocycles. The van der Waals surface area contributed by atoms with Crippen LogP contribution in [0.1, 0.15) is 39.0 Å². The summed E-state index contributed by atoms with van der Waals surface area (Å²) >= 11 is 0. The Hall–Kier alpha value is -1.16. The molecule has 22 heavy (non-hydrogen) atoms. The molecule has 0 aromatic carbocycles. The van der Waals surface area contributed by atoms with Crippen LogP contribution in [0.5, 0.6) is 0 Å². The molecule has 0 heterocycles. The van der Waals surface area contributed by atoms with E-state index < -0.39 is 24.7 Å². The van der Waals surface area contributed by atoms with Crippen molar-refractivity contribution < 1.29 is 29.5 Å². The van der Waals surface area contributed by atoms with Gasteiger partial charge in [0.1, 0.15) is 11.6 Å². The Kier molecular flexibility index (Phi) is 10.00. The van der Waals surface area contributed by atoms with Crippen LogP contribution in [0.15, 0.2) is 0 Å². The summed E-state index contributed by atoms with van der Waals surface area (Å²) in [6.45, 7) is 2.12. The summed E-state index contributed by atoms with van der Waals surface area (Å²) in [6.07, 6.45) is 2.25. The first-order valence-electron chi connectivity index (χ1n) is 7.42. The summed E-state index contributed by atoms with van der Waals surface area (Å²) < 4.78 is 4.57. The molecule has 0 spiro atoms. The summed E-state index contributed by atoms with van der Waals surface area (Å²) in [5.74, 6) is -1.45. The Bertz CT molecular complexity index is 355. The van der Waals surface area contributed by atoms with Crippen molar-refractivity contribution in [3.05, 3.63) is 0 Å². The van der Waals surface area contributed by atoms with Crippen LogP contribution in [-0.2, 0) is 14.3 Å². The topological polar surface area (TPSA) is 142 Å². The van der Waals surface area contributed by atoms with Crippen LogP contribution in [0.25, 0.3) is 0 Å².